The van der Waals surface area contributed by atoms with E-state index in [2.05, 4.69) is 11.2 Å². The third-order valence-corrected chi connectivity index (χ3v) is 4.49. The van der Waals surface area contributed by atoms with Gasteiger partial charge in [0.1, 0.15) is 6.04 Å². The van der Waals surface area contributed by atoms with Gasteiger partial charge in [0, 0.05) is 18.8 Å². The van der Waals surface area contributed by atoms with Crippen LogP contribution < -0.4 is 5.32 Å². The first-order chi connectivity index (χ1) is 9.07. The van der Waals surface area contributed by atoms with E-state index in [-0.39, 0.29) is 11.3 Å². The number of terminal acetylenes is 1. The van der Waals surface area contributed by atoms with Crippen LogP contribution in [0.5, 0.6) is 0 Å². The molecule has 1 amide bonds. The molecule has 1 aromatic carbocycles. The molecular formula is C13H12N2O3S. The van der Waals surface area contributed by atoms with E-state index >= 15 is 0 Å². The molecular weight excluding hydrogens is 264 g/mol. The van der Waals surface area contributed by atoms with Crippen LogP contribution in [0.4, 0.5) is 0 Å². The maximum Gasteiger partial charge on any atom is 0.264 e. The standard InChI is InChI=1S/C13H12N2O3S/c1-2-6-12-13(16)14-9-10-15(12)19(17,18)11-7-4-3-5-8-11/h1,3-5,7-10,12H,6H2,(H,14,16). The third-order valence-electron chi connectivity index (χ3n) is 2.69. The van der Waals surface area contributed by atoms with E-state index in [9.17, 15) is 13.2 Å². The third kappa shape index (κ3) is 2.46. The van der Waals surface area contributed by atoms with Crippen molar-refractivity contribution in [1.29, 1.82) is 0 Å². The number of rotatable bonds is 3. The van der Waals surface area contributed by atoms with Gasteiger partial charge in [-0.25, -0.2) is 8.42 Å². The van der Waals surface area contributed by atoms with Crippen molar-refractivity contribution in [2.75, 3.05) is 0 Å². The summed E-state index contributed by atoms with van der Waals surface area (Å²) in [5.41, 5.74) is 0. The van der Waals surface area contributed by atoms with E-state index in [1.807, 2.05) is 0 Å². The predicted molar refractivity (Wildman–Crippen MR) is 70.0 cm³/mol. The monoisotopic (exact) mass is 276 g/mol. The van der Waals surface area contributed by atoms with Gasteiger partial charge in [-0.05, 0) is 12.1 Å². The van der Waals surface area contributed by atoms with Crippen LogP contribution in [0.1, 0.15) is 6.42 Å². The summed E-state index contributed by atoms with van der Waals surface area (Å²) < 4.78 is 25.9. The summed E-state index contributed by atoms with van der Waals surface area (Å²) in [4.78, 5) is 11.8. The topological polar surface area (TPSA) is 66.5 Å². The Morgan fingerprint density at radius 2 is 2.00 bits per heavy atom. The molecule has 0 bridgehead atoms. The van der Waals surface area contributed by atoms with Gasteiger partial charge in [-0.3, -0.25) is 9.10 Å². The van der Waals surface area contributed by atoms with E-state index in [1.165, 1.54) is 24.5 Å². The summed E-state index contributed by atoms with van der Waals surface area (Å²) in [5, 5.41) is 2.45. The number of benzene rings is 1. The fourth-order valence-corrected chi connectivity index (χ4v) is 3.24. The normalized spacial score (nSPS) is 18.8. The summed E-state index contributed by atoms with van der Waals surface area (Å²) in [6.07, 6.45) is 7.81. The Kier molecular flexibility index (Phi) is 3.58. The first-order valence-corrected chi connectivity index (χ1v) is 7.00. The SMILES string of the molecule is C#CCC1C(=O)NC=CN1S(=O)(=O)c1ccccc1. The molecule has 1 atom stereocenters. The Hall–Kier alpha value is -2.26. The number of amides is 1. The molecule has 1 aliphatic rings. The molecule has 5 nitrogen and oxygen atoms in total. The van der Waals surface area contributed by atoms with Gasteiger partial charge in [0.05, 0.1) is 4.90 Å². The summed E-state index contributed by atoms with van der Waals surface area (Å²) in [6.45, 7) is 0. The second kappa shape index (κ2) is 5.16. The van der Waals surface area contributed by atoms with Gasteiger partial charge in [0.2, 0.25) is 5.91 Å². The van der Waals surface area contributed by atoms with Crippen molar-refractivity contribution in [3.05, 3.63) is 42.7 Å². The number of carbonyl (C=O) groups excluding carboxylic acids is 1. The maximum atomic E-state index is 12.4. The first kappa shape index (κ1) is 13.2. The lowest BCUT2D eigenvalue weighted by Crippen LogP contribution is -2.48. The Labute approximate surface area is 112 Å². The zero-order chi connectivity index (χ0) is 13.9. The van der Waals surface area contributed by atoms with E-state index in [0.717, 1.165) is 4.31 Å². The van der Waals surface area contributed by atoms with Crippen molar-refractivity contribution >= 4 is 15.9 Å². The molecule has 0 fully saturated rings. The van der Waals surface area contributed by atoms with Gasteiger partial charge < -0.3 is 5.32 Å². The molecule has 98 valence electrons. The van der Waals surface area contributed by atoms with Crippen LogP contribution in [0.15, 0.2) is 47.6 Å². The molecule has 6 heteroatoms. The predicted octanol–water partition coefficient (Wildman–Crippen LogP) is 0.670. The lowest BCUT2D eigenvalue weighted by atomic mass is 10.2. The lowest BCUT2D eigenvalue weighted by Gasteiger charge is -2.30. The zero-order valence-electron chi connectivity index (χ0n) is 9.98. The highest BCUT2D eigenvalue weighted by Gasteiger charge is 2.34. The number of hydrogen-bond acceptors (Lipinski definition) is 3. The Morgan fingerprint density at radius 3 is 2.63 bits per heavy atom. The minimum Gasteiger partial charge on any atom is -0.329 e. The quantitative estimate of drug-likeness (QED) is 0.825. The van der Waals surface area contributed by atoms with Crippen LogP contribution in [0.3, 0.4) is 0 Å². The van der Waals surface area contributed by atoms with Crippen LogP contribution in [0.2, 0.25) is 0 Å². The fourth-order valence-electron chi connectivity index (χ4n) is 1.76. The van der Waals surface area contributed by atoms with Crippen molar-refractivity contribution in [2.24, 2.45) is 0 Å². The van der Waals surface area contributed by atoms with Crippen molar-refractivity contribution in [3.63, 3.8) is 0 Å². The molecule has 1 heterocycles. The summed E-state index contributed by atoms with van der Waals surface area (Å²) in [7, 11) is -3.78. The Morgan fingerprint density at radius 1 is 1.32 bits per heavy atom. The van der Waals surface area contributed by atoms with Gasteiger partial charge in [-0.2, -0.15) is 0 Å². The van der Waals surface area contributed by atoms with E-state index < -0.39 is 22.0 Å². The van der Waals surface area contributed by atoms with Crippen molar-refractivity contribution in [2.45, 2.75) is 17.4 Å². The molecule has 2 rings (SSSR count). The van der Waals surface area contributed by atoms with Crippen LogP contribution in [-0.4, -0.2) is 24.7 Å². The van der Waals surface area contributed by atoms with Gasteiger partial charge in [-0.1, -0.05) is 18.2 Å². The minimum atomic E-state index is -3.78. The van der Waals surface area contributed by atoms with Gasteiger partial charge in [0.25, 0.3) is 10.0 Å². The molecule has 1 aliphatic heterocycles. The molecule has 0 saturated carbocycles. The second-order valence-corrected chi connectivity index (χ2v) is 5.74. The second-order valence-electron chi connectivity index (χ2n) is 3.90. The smallest absolute Gasteiger partial charge is 0.264 e. The number of nitrogens with one attached hydrogen (secondary N) is 1. The number of nitrogens with zero attached hydrogens (tertiary/aromatic N) is 1. The lowest BCUT2D eigenvalue weighted by molar-refractivity contribution is -0.123. The molecule has 0 aromatic heterocycles. The fraction of sp³-hybridized carbons (Fsp3) is 0.154. The maximum absolute atomic E-state index is 12.4. The summed E-state index contributed by atoms with van der Waals surface area (Å²) in [5.74, 6) is 1.89. The highest BCUT2D eigenvalue weighted by atomic mass is 32.2. The van der Waals surface area contributed by atoms with E-state index in [1.54, 1.807) is 18.2 Å². The minimum absolute atomic E-state index is 0.0161. The number of sulfonamides is 1. The zero-order valence-corrected chi connectivity index (χ0v) is 10.8. The number of carbonyl (C=O) groups is 1. The van der Waals surface area contributed by atoms with Crippen molar-refractivity contribution in [1.82, 2.24) is 9.62 Å². The molecule has 0 radical (unpaired) electrons. The Bertz CT molecular complexity index is 644. The summed E-state index contributed by atoms with van der Waals surface area (Å²) in [6, 6.07) is 7.00. The van der Waals surface area contributed by atoms with Crippen LogP contribution in [-0.2, 0) is 14.8 Å². The largest absolute Gasteiger partial charge is 0.329 e. The van der Waals surface area contributed by atoms with E-state index in [0.29, 0.717) is 0 Å². The average Bonchev–Trinajstić information content (AvgIpc) is 2.42. The molecule has 1 N–H and O–H groups in total. The van der Waals surface area contributed by atoms with Crippen molar-refractivity contribution < 1.29 is 13.2 Å². The van der Waals surface area contributed by atoms with E-state index in [4.69, 9.17) is 6.42 Å². The molecule has 0 spiro atoms. The highest BCUT2D eigenvalue weighted by molar-refractivity contribution is 7.89. The molecule has 0 saturated heterocycles. The molecule has 1 aromatic rings. The molecule has 0 aliphatic carbocycles. The summed E-state index contributed by atoms with van der Waals surface area (Å²) >= 11 is 0. The highest BCUT2D eigenvalue weighted by Crippen LogP contribution is 2.21. The van der Waals surface area contributed by atoms with Crippen LogP contribution >= 0.6 is 0 Å². The van der Waals surface area contributed by atoms with Crippen LogP contribution in [0.25, 0.3) is 0 Å². The molecule has 19 heavy (non-hydrogen) atoms. The van der Waals surface area contributed by atoms with Crippen LogP contribution in [0, 0.1) is 12.3 Å². The van der Waals surface area contributed by atoms with Crippen molar-refractivity contribution in [3.8, 4) is 12.3 Å². The average molecular weight is 276 g/mol. The molecule has 1 unspecified atom stereocenters. The number of hydrogen-bond donors (Lipinski definition) is 1. The van der Waals surface area contributed by atoms with Gasteiger partial charge >= 0.3 is 0 Å². The first-order valence-electron chi connectivity index (χ1n) is 5.56. The van der Waals surface area contributed by atoms with Gasteiger partial charge in [0.15, 0.2) is 0 Å². The van der Waals surface area contributed by atoms with Gasteiger partial charge in [-0.15, -0.1) is 12.3 Å². The Balaban J connectivity index is 2.44.